The highest BCUT2D eigenvalue weighted by molar-refractivity contribution is 4.93. The maximum absolute atomic E-state index is 5.59. The molecule has 2 unspecified atom stereocenters. The van der Waals surface area contributed by atoms with Crippen molar-refractivity contribution in [2.24, 2.45) is 0 Å². The van der Waals surface area contributed by atoms with Crippen LogP contribution in [0.15, 0.2) is 12.2 Å². The lowest BCUT2D eigenvalue weighted by Crippen LogP contribution is -2.62. The Labute approximate surface area is 106 Å². The summed E-state index contributed by atoms with van der Waals surface area (Å²) >= 11 is 0. The number of ether oxygens (including phenoxy) is 1. The Bertz CT molecular complexity index is 255. The number of nitrogens with zero attached hydrogens (tertiary/aromatic N) is 1. The summed E-state index contributed by atoms with van der Waals surface area (Å²) in [7, 11) is 0. The topological polar surface area (TPSA) is 24.5 Å². The molecule has 1 rings (SSSR count). The van der Waals surface area contributed by atoms with E-state index in [2.05, 4.69) is 37.6 Å². The van der Waals surface area contributed by atoms with Gasteiger partial charge in [-0.1, -0.05) is 19.1 Å². The van der Waals surface area contributed by atoms with Crippen LogP contribution in [0.2, 0.25) is 0 Å². The molecule has 0 bridgehead atoms. The summed E-state index contributed by atoms with van der Waals surface area (Å²) in [6.07, 6.45) is 1.17. The van der Waals surface area contributed by atoms with Crippen LogP contribution < -0.4 is 5.32 Å². The van der Waals surface area contributed by atoms with Crippen molar-refractivity contribution < 1.29 is 4.74 Å². The first kappa shape index (κ1) is 14.7. The monoisotopic (exact) mass is 240 g/mol. The van der Waals surface area contributed by atoms with E-state index in [0.29, 0.717) is 12.6 Å². The van der Waals surface area contributed by atoms with Gasteiger partial charge >= 0.3 is 0 Å². The lowest BCUT2D eigenvalue weighted by Gasteiger charge is -2.45. The van der Waals surface area contributed by atoms with Gasteiger partial charge in [0.25, 0.3) is 0 Å². The third-order valence-electron chi connectivity index (χ3n) is 3.65. The fourth-order valence-electron chi connectivity index (χ4n) is 2.15. The quantitative estimate of drug-likeness (QED) is 0.568. The Balaban J connectivity index is 2.32. The van der Waals surface area contributed by atoms with Gasteiger partial charge in [0.05, 0.1) is 13.2 Å². The molecule has 17 heavy (non-hydrogen) atoms. The second-order valence-corrected chi connectivity index (χ2v) is 5.62. The maximum atomic E-state index is 5.59. The van der Waals surface area contributed by atoms with Gasteiger partial charge in [0.15, 0.2) is 0 Å². The molecule has 0 aromatic carbocycles. The van der Waals surface area contributed by atoms with E-state index in [1.54, 1.807) is 0 Å². The zero-order valence-electron chi connectivity index (χ0n) is 11.9. The molecule has 1 aliphatic heterocycles. The Morgan fingerprint density at radius 3 is 2.88 bits per heavy atom. The van der Waals surface area contributed by atoms with Gasteiger partial charge < -0.3 is 10.1 Å². The van der Waals surface area contributed by atoms with Gasteiger partial charge in [0.1, 0.15) is 0 Å². The zero-order chi connectivity index (χ0) is 12.9. The van der Waals surface area contributed by atoms with Gasteiger partial charge in [-0.2, -0.15) is 0 Å². The Morgan fingerprint density at radius 1 is 1.59 bits per heavy atom. The fraction of sp³-hybridized carbons (Fsp3) is 0.857. The van der Waals surface area contributed by atoms with Crippen LogP contribution in [-0.2, 0) is 4.74 Å². The SMILES string of the molecule is C=C(C)COCCN1CC(C)(CC)NCC1C. The van der Waals surface area contributed by atoms with Crippen LogP contribution in [0.5, 0.6) is 0 Å². The van der Waals surface area contributed by atoms with E-state index in [9.17, 15) is 0 Å². The van der Waals surface area contributed by atoms with Crippen LogP contribution in [0, 0.1) is 0 Å². The van der Waals surface area contributed by atoms with Crippen LogP contribution in [0.1, 0.15) is 34.1 Å². The average molecular weight is 240 g/mol. The van der Waals surface area contributed by atoms with E-state index in [1.807, 2.05) is 6.92 Å². The van der Waals surface area contributed by atoms with Crippen molar-refractivity contribution >= 4 is 0 Å². The highest BCUT2D eigenvalue weighted by Crippen LogP contribution is 2.18. The summed E-state index contributed by atoms with van der Waals surface area (Å²) in [5.41, 5.74) is 1.36. The standard InChI is InChI=1S/C14H28N2O/c1-6-14(5)11-16(13(4)9-15-14)7-8-17-10-12(2)3/h13,15H,2,6-11H2,1,3-5H3. The Hall–Kier alpha value is -0.380. The highest BCUT2D eigenvalue weighted by Gasteiger charge is 2.31. The Kier molecular flexibility index (Phi) is 5.63. The Morgan fingerprint density at radius 2 is 2.29 bits per heavy atom. The maximum Gasteiger partial charge on any atom is 0.0672 e. The van der Waals surface area contributed by atoms with Crippen LogP contribution >= 0.6 is 0 Å². The predicted octanol–water partition coefficient (Wildman–Crippen LogP) is 2.04. The molecule has 3 nitrogen and oxygen atoms in total. The molecule has 0 aliphatic carbocycles. The van der Waals surface area contributed by atoms with Crippen LogP contribution in [0.3, 0.4) is 0 Å². The van der Waals surface area contributed by atoms with Crippen LogP contribution in [-0.4, -0.2) is 49.3 Å². The first-order valence-electron chi connectivity index (χ1n) is 6.68. The first-order chi connectivity index (χ1) is 7.97. The predicted molar refractivity (Wildman–Crippen MR) is 73.4 cm³/mol. The third kappa shape index (κ3) is 4.78. The number of piperazine rings is 1. The van der Waals surface area contributed by atoms with Gasteiger partial charge in [-0.25, -0.2) is 0 Å². The second-order valence-electron chi connectivity index (χ2n) is 5.62. The largest absolute Gasteiger partial charge is 0.376 e. The second kappa shape index (κ2) is 6.53. The number of hydrogen-bond acceptors (Lipinski definition) is 3. The van der Waals surface area contributed by atoms with Crippen LogP contribution in [0.4, 0.5) is 0 Å². The van der Waals surface area contributed by atoms with E-state index in [1.165, 1.54) is 6.42 Å². The molecule has 3 heteroatoms. The third-order valence-corrected chi connectivity index (χ3v) is 3.65. The summed E-state index contributed by atoms with van der Waals surface area (Å²) in [5, 5.41) is 3.64. The summed E-state index contributed by atoms with van der Waals surface area (Å²) < 4.78 is 5.59. The van der Waals surface area contributed by atoms with Crippen molar-refractivity contribution in [1.29, 1.82) is 0 Å². The van der Waals surface area contributed by atoms with E-state index in [4.69, 9.17) is 4.74 Å². The minimum absolute atomic E-state index is 0.265. The van der Waals surface area contributed by atoms with Gasteiger partial charge in [-0.15, -0.1) is 0 Å². The summed E-state index contributed by atoms with van der Waals surface area (Å²) in [6.45, 7) is 17.4. The fourth-order valence-corrected chi connectivity index (χ4v) is 2.15. The molecular weight excluding hydrogens is 212 g/mol. The zero-order valence-corrected chi connectivity index (χ0v) is 11.9. The molecular formula is C14H28N2O. The van der Waals surface area contributed by atoms with E-state index < -0.39 is 0 Å². The van der Waals surface area contributed by atoms with E-state index in [0.717, 1.165) is 31.8 Å². The van der Waals surface area contributed by atoms with Crippen molar-refractivity contribution in [1.82, 2.24) is 10.2 Å². The molecule has 1 N–H and O–H groups in total. The van der Waals surface area contributed by atoms with Gasteiger partial charge in [0.2, 0.25) is 0 Å². The lowest BCUT2D eigenvalue weighted by molar-refractivity contribution is 0.0552. The molecule has 2 atom stereocenters. The first-order valence-corrected chi connectivity index (χ1v) is 6.68. The minimum atomic E-state index is 0.265. The van der Waals surface area contributed by atoms with Crippen molar-refractivity contribution in [3.05, 3.63) is 12.2 Å². The number of nitrogens with one attached hydrogen (secondary N) is 1. The van der Waals surface area contributed by atoms with Crippen molar-refractivity contribution in [2.45, 2.75) is 45.7 Å². The molecule has 1 heterocycles. The summed E-state index contributed by atoms with van der Waals surface area (Å²) in [6, 6.07) is 0.600. The van der Waals surface area contributed by atoms with Gasteiger partial charge in [-0.3, -0.25) is 4.90 Å². The van der Waals surface area contributed by atoms with Crippen molar-refractivity contribution in [2.75, 3.05) is 32.8 Å². The van der Waals surface area contributed by atoms with Gasteiger partial charge in [0, 0.05) is 31.2 Å². The molecule has 0 saturated carbocycles. The van der Waals surface area contributed by atoms with E-state index >= 15 is 0 Å². The number of hydrogen-bond donors (Lipinski definition) is 1. The molecule has 0 amide bonds. The molecule has 1 fully saturated rings. The smallest absolute Gasteiger partial charge is 0.0672 e. The highest BCUT2D eigenvalue weighted by atomic mass is 16.5. The molecule has 0 radical (unpaired) electrons. The molecule has 0 aromatic rings. The van der Waals surface area contributed by atoms with Gasteiger partial charge in [-0.05, 0) is 27.2 Å². The molecule has 0 spiro atoms. The molecule has 100 valence electrons. The summed E-state index contributed by atoms with van der Waals surface area (Å²) in [4.78, 5) is 2.53. The lowest BCUT2D eigenvalue weighted by atomic mass is 9.94. The van der Waals surface area contributed by atoms with E-state index in [-0.39, 0.29) is 5.54 Å². The normalized spacial score (nSPS) is 30.5. The molecule has 0 aromatic heterocycles. The van der Waals surface area contributed by atoms with Crippen LogP contribution in [0.25, 0.3) is 0 Å². The molecule has 1 aliphatic rings. The molecule has 1 saturated heterocycles. The minimum Gasteiger partial charge on any atom is -0.376 e. The average Bonchev–Trinajstić information content (AvgIpc) is 2.29. The number of rotatable bonds is 6. The van der Waals surface area contributed by atoms with Crippen molar-refractivity contribution in [3.63, 3.8) is 0 Å². The summed E-state index contributed by atoms with van der Waals surface area (Å²) in [5.74, 6) is 0. The van der Waals surface area contributed by atoms with Crippen molar-refractivity contribution in [3.8, 4) is 0 Å².